The quantitative estimate of drug-likeness (QED) is 0.545. The zero-order valence-electron chi connectivity index (χ0n) is 18.7. The molecule has 0 fully saturated rings. The Labute approximate surface area is 194 Å². The molecule has 1 atom stereocenters. The number of halogens is 2. The third-order valence-corrected chi connectivity index (χ3v) is 5.73. The molecule has 0 bridgehead atoms. The van der Waals surface area contributed by atoms with E-state index in [1.54, 1.807) is 23.1 Å². The number of nitrogens with zero attached hydrogens (tertiary/aromatic N) is 1. The molecule has 0 aliphatic rings. The fourth-order valence-electron chi connectivity index (χ4n) is 3.17. The van der Waals surface area contributed by atoms with Crippen LogP contribution in [0, 0.1) is 13.8 Å². The highest BCUT2D eigenvalue weighted by Gasteiger charge is 2.29. The fraction of sp³-hybridized carbons (Fsp3) is 0.417. The molecular formula is C24H30Cl2N2O3. The van der Waals surface area contributed by atoms with E-state index in [2.05, 4.69) is 5.32 Å². The van der Waals surface area contributed by atoms with Crippen molar-refractivity contribution in [2.75, 3.05) is 6.61 Å². The van der Waals surface area contributed by atoms with Crippen LogP contribution >= 0.6 is 23.2 Å². The Morgan fingerprint density at radius 2 is 1.74 bits per heavy atom. The van der Waals surface area contributed by atoms with E-state index in [4.69, 9.17) is 27.9 Å². The topological polar surface area (TPSA) is 58.6 Å². The number of rotatable bonds is 9. The van der Waals surface area contributed by atoms with Gasteiger partial charge in [0.25, 0.3) is 5.91 Å². The van der Waals surface area contributed by atoms with Crippen LogP contribution in [0.25, 0.3) is 0 Å². The molecule has 2 amide bonds. The highest BCUT2D eigenvalue weighted by Crippen LogP contribution is 2.24. The SMILES string of the molecule is CC[C@H](C(=O)NC(C)C)N(Cc1ccc(Cl)c(Cl)c1)C(=O)COc1ccc(C)c(C)c1. The van der Waals surface area contributed by atoms with Crippen LogP contribution in [-0.4, -0.2) is 35.4 Å². The molecule has 0 unspecified atom stereocenters. The van der Waals surface area contributed by atoms with Gasteiger partial charge in [0.2, 0.25) is 5.91 Å². The molecule has 2 aromatic carbocycles. The van der Waals surface area contributed by atoms with Gasteiger partial charge in [0.05, 0.1) is 10.0 Å². The molecule has 168 valence electrons. The average Bonchev–Trinajstić information content (AvgIpc) is 2.70. The van der Waals surface area contributed by atoms with E-state index in [1.165, 1.54) is 0 Å². The van der Waals surface area contributed by atoms with Crippen molar-refractivity contribution in [3.63, 3.8) is 0 Å². The summed E-state index contributed by atoms with van der Waals surface area (Å²) < 4.78 is 5.75. The number of carbonyl (C=O) groups excluding carboxylic acids is 2. The number of carbonyl (C=O) groups is 2. The average molecular weight is 465 g/mol. The first-order valence-electron chi connectivity index (χ1n) is 10.4. The number of amides is 2. The monoisotopic (exact) mass is 464 g/mol. The Hall–Kier alpha value is -2.24. The number of nitrogens with one attached hydrogen (secondary N) is 1. The van der Waals surface area contributed by atoms with Crippen LogP contribution in [-0.2, 0) is 16.1 Å². The molecule has 1 N–H and O–H groups in total. The Bertz CT molecular complexity index is 931. The van der Waals surface area contributed by atoms with Gasteiger partial charge in [0.1, 0.15) is 11.8 Å². The summed E-state index contributed by atoms with van der Waals surface area (Å²) in [5, 5.41) is 3.74. The molecule has 2 aromatic rings. The van der Waals surface area contributed by atoms with Gasteiger partial charge in [-0.1, -0.05) is 42.3 Å². The van der Waals surface area contributed by atoms with Crippen LogP contribution in [0.2, 0.25) is 10.0 Å². The van der Waals surface area contributed by atoms with Crippen molar-refractivity contribution in [2.24, 2.45) is 0 Å². The lowest BCUT2D eigenvalue weighted by molar-refractivity contribution is -0.143. The normalized spacial score (nSPS) is 11.9. The molecule has 0 radical (unpaired) electrons. The zero-order chi connectivity index (χ0) is 23.1. The molecule has 0 aliphatic carbocycles. The minimum absolute atomic E-state index is 0.0322. The highest BCUT2D eigenvalue weighted by molar-refractivity contribution is 6.42. The van der Waals surface area contributed by atoms with Crippen molar-refractivity contribution < 1.29 is 14.3 Å². The van der Waals surface area contributed by atoms with E-state index in [1.807, 2.05) is 52.8 Å². The predicted octanol–water partition coefficient (Wildman–Crippen LogP) is 5.32. The standard InChI is InChI=1S/C24H30Cl2N2O3/c1-6-22(24(30)27-15(2)3)28(13-18-8-10-20(25)21(26)12-18)23(29)14-31-19-9-7-16(4)17(5)11-19/h7-12,15,22H,6,13-14H2,1-5H3,(H,27,30)/t22-/m1/s1. The molecule has 31 heavy (non-hydrogen) atoms. The minimum Gasteiger partial charge on any atom is -0.484 e. The van der Waals surface area contributed by atoms with Crippen LogP contribution in [0.1, 0.15) is 43.9 Å². The van der Waals surface area contributed by atoms with Crippen molar-refractivity contribution in [3.05, 3.63) is 63.1 Å². The van der Waals surface area contributed by atoms with Crippen LogP contribution < -0.4 is 10.1 Å². The number of ether oxygens (including phenoxy) is 1. The summed E-state index contributed by atoms with van der Waals surface area (Å²) in [6, 6.07) is 10.2. The van der Waals surface area contributed by atoms with Gasteiger partial charge in [-0.05, 0) is 75.1 Å². The molecule has 0 aliphatic heterocycles. The largest absolute Gasteiger partial charge is 0.484 e. The molecule has 5 nitrogen and oxygen atoms in total. The van der Waals surface area contributed by atoms with Crippen molar-refractivity contribution in [2.45, 2.75) is 59.7 Å². The molecule has 0 aromatic heterocycles. The van der Waals surface area contributed by atoms with E-state index >= 15 is 0 Å². The molecule has 0 saturated carbocycles. The Morgan fingerprint density at radius 1 is 1.03 bits per heavy atom. The van der Waals surface area contributed by atoms with E-state index in [9.17, 15) is 9.59 Å². The third kappa shape index (κ3) is 7.15. The third-order valence-electron chi connectivity index (χ3n) is 4.99. The maximum atomic E-state index is 13.2. The smallest absolute Gasteiger partial charge is 0.261 e. The maximum Gasteiger partial charge on any atom is 0.261 e. The second-order valence-electron chi connectivity index (χ2n) is 7.89. The van der Waals surface area contributed by atoms with Crippen molar-refractivity contribution in [1.82, 2.24) is 10.2 Å². The van der Waals surface area contributed by atoms with Crippen molar-refractivity contribution in [3.8, 4) is 5.75 Å². The van der Waals surface area contributed by atoms with E-state index in [0.29, 0.717) is 22.2 Å². The van der Waals surface area contributed by atoms with Gasteiger partial charge in [0, 0.05) is 12.6 Å². The zero-order valence-corrected chi connectivity index (χ0v) is 20.2. The van der Waals surface area contributed by atoms with E-state index in [-0.39, 0.29) is 31.0 Å². The van der Waals surface area contributed by atoms with Gasteiger partial charge in [-0.25, -0.2) is 0 Å². The van der Waals surface area contributed by atoms with Crippen LogP contribution in [0.3, 0.4) is 0 Å². The van der Waals surface area contributed by atoms with E-state index in [0.717, 1.165) is 16.7 Å². The molecule has 0 spiro atoms. The second kappa shape index (κ2) is 11.4. The van der Waals surface area contributed by atoms with Gasteiger partial charge in [-0.3, -0.25) is 9.59 Å². The summed E-state index contributed by atoms with van der Waals surface area (Å²) in [6.45, 7) is 9.71. The molecule has 0 saturated heterocycles. The lowest BCUT2D eigenvalue weighted by atomic mass is 10.1. The second-order valence-corrected chi connectivity index (χ2v) is 8.71. The first kappa shape index (κ1) is 25.0. The first-order chi connectivity index (χ1) is 14.6. The number of hydrogen-bond donors (Lipinski definition) is 1. The number of aryl methyl sites for hydroxylation is 2. The molecule has 0 heterocycles. The van der Waals surface area contributed by atoms with Crippen LogP contribution in [0.5, 0.6) is 5.75 Å². The van der Waals surface area contributed by atoms with Crippen LogP contribution in [0.15, 0.2) is 36.4 Å². The predicted molar refractivity (Wildman–Crippen MR) is 126 cm³/mol. The van der Waals surface area contributed by atoms with E-state index < -0.39 is 6.04 Å². The number of benzene rings is 2. The lowest BCUT2D eigenvalue weighted by Gasteiger charge is -2.31. The van der Waals surface area contributed by atoms with Crippen LogP contribution in [0.4, 0.5) is 0 Å². The maximum absolute atomic E-state index is 13.2. The minimum atomic E-state index is -0.632. The van der Waals surface area contributed by atoms with Gasteiger partial charge >= 0.3 is 0 Å². The summed E-state index contributed by atoms with van der Waals surface area (Å²) in [5.74, 6) is 0.137. The lowest BCUT2D eigenvalue weighted by Crippen LogP contribution is -2.51. The molecule has 2 rings (SSSR count). The first-order valence-corrected chi connectivity index (χ1v) is 11.1. The van der Waals surface area contributed by atoms with Crippen molar-refractivity contribution in [1.29, 1.82) is 0 Å². The summed E-state index contributed by atoms with van der Waals surface area (Å²) in [5.41, 5.74) is 3.02. The molecular weight excluding hydrogens is 435 g/mol. The van der Waals surface area contributed by atoms with Gasteiger partial charge in [-0.15, -0.1) is 0 Å². The Morgan fingerprint density at radius 3 is 2.32 bits per heavy atom. The van der Waals surface area contributed by atoms with Gasteiger partial charge in [0.15, 0.2) is 6.61 Å². The van der Waals surface area contributed by atoms with Crippen molar-refractivity contribution >= 4 is 35.0 Å². The fourth-order valence-corrected chi connectivity index (χ4v) is 3.49. The Kier molecular flexibility index (Phi) is 9.20. The summed E-state index contributed by atoms with van der Waals surface area (Å²) in [7, 11) is 0. The Balaban J connectivity index is 2.25. The number of hydrogen-bond acceptors (Lipinski definition) is 3. The molecule has 7 heteroatoms. The highest BCUT2D eigenvalue weighted by atomic mass is 35.5. The van der Waals surface area contributed by atoms with Gasteiger partial charge in [-0.2, -0.15) is 0 Å². The summed E-state index contributed by atoms with van der Waals surface area (Å²) in [4.78, 5) is 27.5. The van der Waals surface area contributed by atoms with Gasteiger partial charge < -0.3 is 15.0 Å². The summed E-state index contributed by atoms with van der Waals surface area (Å²) in [6.07, 6.45) is 0.468. The summed E-state index contributed by atoms with van der Waals surface area (Å²) >= 11 is 12.2.